The highest BCUT2D eigenvalue weighted by molar-refractivity contribution is 7.92. The summed E-state index contributed by atoms with van der Waals surface area (Å²) in [6, 6.07) is 10.4. The second kappa shape index (κ2) is 9.51. The average Bonchev–Trinajstić information content (AvgIpc) is 2.67. The van der Waals surface area contributed by atoms with E-state index in [1.54, 1.807) is 24.3 Å². The predicted octanol–water partition coefficient (Wildman–Crippen LogP) is 2.76. The molecule has 2 N–H and O–H groups in total. The van der Waals surface area contributed by atoms with Gasteiger partial charge in [-0.1, -0.05) is 31.2 Å². The third-order valence-electron chi connectivity index (χ3n) is 4.14. The summed E-state index contributed by atoms with van der Waals surface area (Å²) in [4.78, 5) is 25.1. The number of nitrogens with zero attached hydrogens (tertiary/aromatic N) is 1. The van der Waals surface area contributed by atoms with Crippen molar-refractivity contribution in [2.24, 2.45) is 0 Å². The van der Waals surface area contributed by atoms with E-state index in [9.17, 15) is 22.4 Å². The van der Waals surface area contributed by atoms with E-state index >= 15 is 0 Å². The normalized spacial score (nSPS) is 12.1. The molecule has 1 atom stereocenters. The number of rotatable bonds is 8. The van der Waals surface area contributed by atoms with Crippen molar-refractivity contribution in [3.05, 3.63) is 59.9 Å². The molecule has 9 heteroatoms. The molecular weight excluding hydrogens is 397 g/mol. The van der Waals surface area contributed by atoms with Crippen molar-refractivity contribution in [3.8, 4) is 0 Å². The van der Waals surface area contributed by atoms with Crippen LogP contribution >= 0.6 is 0 Å². The summed E-state index contributed by atoms with van der Waals surface area (Å²) >= 11 is 0. The zero-order valence-electron chi connectivity index (χ0n) is 16.5. The van der Waals surface area contributed by atoms with E-state index in [1.807, 2.05) is 6.92 Å². The lowest BCUT2D eigenvalue weighted by molar-refractivity contribution is -0.116. The van der Waals surface area contributed by atoms with Crippen LogP contribution in [0.2, 0.25) is 0 Å². The van der Waals surface area contributed by atoms with Crippen molar-refractivity contribution in [3.63, 3.8) is 0 Å². The van der Waals surface area contributed by atoms with Crippen molar-refractivity contribution in [1.82, 2.24) is 5.32 Å². The van der Waals surface area contributed by atoms with Gasteiger partial charge in [0.05, 0.1) is 23.2 Å². The Morgan fingerprint density at radius 3 is 2.34 bits per heavy atom. The van der Waals surface area contributed by atoms with E-state index in [4.69, 9.17) is 0 Å². The first-order valence-electron chi connectivity index (χ1n) is 9.08. The van der Waals surface area contributed by atoms with Crippen LogP contribution in [0.1, 0.15) is 30.6 Å². The average molecular weight is 421 g/mol. The fourth-order valence-corrected chi connectivity index (χ4v) is 3.95. The first-order chi connectivity index (χ1) is 13.7. The minimum atomic E-state index is -3.96. The molecule has 0 aliphatic heterocycles. The lowest BCUT2D eigenvalue weighted by Gasteiger charge is -2.28. The van der Waals surface area contributed by atoms with Gasteiger partial charge >= 0.3 is 0 Å². The molecule has 0 heterocycles. The zero-order valence-corrected chi connectivity index (χ0v) is 17.3. The number of carbonyl (C=O) groups excluding carboxylic acids is 2. The van der Waals surface area contributed by atoms with Gasteiger partial charge < -0.3 is 10.6 Å². The highest BCUT2D eigenvalue weighted by atomic mass is 32.2. The van der Waals surface area contributed by atoms with Gasteiger partial charge in [0.25, 0.3) is 5.91 Å². The second-order valence-corrected chi connectivity index (χ2v) is 8.34. The molecule has 0 aliphatic rings. The molecule has 29 heavy (non-hydrogen) atoms. The highest BCUT2D eigenvalue weighted by Gasteiger charge is 2.31. The quantitative estimate of drug-likeness (QED) is 0.685. The molecule has 2 rings (SSSR count). The Morgan fingerprint density at radius 2 is 1.72 bits per heavy atom. The summed E-state index contributed by atoms with van der Waals surface area (Å²) in [5.41, 5.74) is 0.254. The number of halogens is 1. The predicted molar refractivity (Wildman–Crippen MR) is 111 cm³/mol. The number of sulfonamides is 1. The summed E-state index contributed by atoms with van der Waals surface area (Å²) in [5.74, 6) is -1.82. The molecule has 0 radical (unpaired) electrons. The van der Waals surface area contributed by atoms with Gasteiger partial charge in [-0.25, -0.2) is 12.8 Å². The molecule has 7 nitrogen and oxygen atoms in total. The Labute approximate surface area is 170 Å². The maximum absolute atomic E-state index is 14.2. The van der Waals surface area contributed by atoms with E-state index in [0.717, 1.165) is 23.0 Å². The van der Waals surface area contributed by atoms with E-state index in [2.05, 4.69) is 10.6 Å². The first kappa shape index (κ1) is 22.4. The van der Waals surface area contributed by atoms with Gasteiger partial charge in [-0.2, -0.15) is 0 Å². The Hall–Kier alpha value is -2.94. The monoisotopic (exact) mass is 421 g/mol. The molecule has 0 saturated carbocycles. The van der Waals surface area contributed by atoms with Crippen LogP contribution in [-0.2, 0) is 14.8 Å². The Balaban J connectivity index is 2.32. The van der Waals surface area contributed by atoms with E-state index in [1.165, 1.54) is 25.1 Å². The third kappa shape index (κ3) is 5.54. The van der Waals surface area contributed by atoms with Crippen LogP contribution in [-0.4, -0.2) is 39.1 Å². The number of carbonyl (C=O) groups is 2. The summed E-state index contributed by atoms with van der Waals surface area (Å²) in [5, 5.41) is 5.31. The fourth-order valence-electron chi connectivity index (χ4n) is 2.77. The number of benzene rings is 2. The lowest BCUT2D eigenvalue weighted by Crippen LogP contribution is -2.46. The van der Waals surface area contributed by atoms with Gasteiger partial charge in [0.15, 0.2) is 0 Å². The topological polar surface area (TPSA) is 95.6 Å². The Morgan fingerprint density at radius 1 is 1.10 bits per heavy atom. The Kier molecular flexibility index (Phi) is 7.33. The van der Waals surface area contributed by atoms with Crippen molar-refractivity contribution in [2.45, 2.75) is 26.3 Å². The zero-order chi connectivity index (χ0) is 21.6. The van der Waals surface area contributed by atoms with Gasteiger partial charge in [0.2, 0.25) is 15.9 Å². The molecule has 0 aliphatic carbocycles. The molecule has 0 bridgehead atoms. The van der Waals surface area contributed by atoms with Crippen LogP contribution in [0.3, 0.4) is 0 Å². The standard InChI is InChI=1S/C20H24FN3O4S/c1-4-13-22-20(26)15-9-5-7-11-17(15)23-19(25)14(2)24(29(3,27)28)18-12-8-6-10-16(18)21/h5-12,14H,4,13H2,1-3H3,(H,22,26)(H,23,25). The minimum absolute atomic E-state index is 0.230. The van der Waals surface area contributed by atoms with Crippen LogP contribution < -0.4 is 14.9 Å². The molecule has 1 unspecified atom stereocenters. The molecule has 2 amide bonds. The maximum Gasteiger partial charge on any atom is 0.253 e. The molecule has 2 aromatic carbocycles. The molecule has 0 saturated heterocycles. The number of anilines is 2. The molecular formula is C20H24FN3O4S. The number of nitrogens with one attached hydrogen (secondary N) is 2. The number of hydrogen-bond donors (Lipinski definition) is 2. The van der Waals surface area contributed by atoms with Crippen LogP contribution in [0.25, 0.3) is 0 Å². The Bertz CT molecular complexity index is 995. The number of hydrogen-bond acceptors (Lipinski definition) is 4. The van der Waals surface area contributed by atoms with Crippen molar-refractivity contribution < 1.29 is 22.4 Å². The van der Waals surface area contributed by atoms with E-state index in [-0.39, 0.29) is 22.8 Å². The van der Waals surface area contributed by atoms with E-state index < -0.39 is 27.8 Å². The van der Waals surface area contributed by atoms with Crippen LogP contribution in [0.4, 0.5) is 15.8 Å². The van der Waals surface area contributed by atoms with Crippen molar-refractivity contribution >= 4 is 33.2 Å². The van der Waals surface area contributed by atoms with Gasteiger partial charge in [-0.05, 0) is 37.6 Å². The van der Waals surface area contributed by atoms with Gasteiger partial charge in [0, 0.05) is 6.54 Å². The summed E-state index contributed by atoms with van der Waals surface area (Å²) in [7, 11) is -3.96. The molecule has 2 aromatic rings. The minimum Gasteiger partial charge on any atom is -0.352 e. The molecule has 156 valence electrons. The summed E-state index contributed by atoms with van der Waals surface area (Å²) in [6.07, 6.45) is 1.65. The van der Waals surface area contributed by atoms with Gasteiger partial charge in [-0.15, -0.1) is 0 Å². The highest BCUT2D eigenvalue weighted by Crippen LogP contribution is 2.25. The lowest BCUT2D eigenvalue weighted by atomic mass is 10.1. The van der Waals surface area contributed by atoms with Crippen LogP contribution in [0, 0.1) is 5.82 Å². The largest absolute Gasteiger partial charge is 0.352 e. The molecule has 0 aromatic heterocycles. The smallest absolute Gasteiger partial charge is 0.253 e. The maximum atomic E-state index is 14.2. The van der Waals surface area contributed by atoms with Gasteiger partial charge in [0.1, 0.15) is 11.9 Å². The van der Waals surface area contributed by atoms with Crippen molar-refractivity contribution in [2.75, 3.05) is 22.4 Å². The van der Waals surface area contributed by atoms with Crippen LogP contribution in [0.15, 0.2) is 48.5 Å². The summed E-state index contributed by atoms with van der Waals surface area (Å²) in [6.45, 7) is 3.74. The molecule has 0 spiro atoms. The summed E-state index contributed by atoms with van der Waals surface area (Å²) < 4.78 is 39.5. The number of amides is 2. The molecule has 0 fully saturated rings. The van der Waals surface area contributed by atoms with Gasteiger partial charge in [-0.3, -0.25) is 13.9 Å². The SMILES string of the molecule is CCCNC(=O)c1ccccc1NC(=O)C(C)N(c1ccccc1F)S(C)(=O)=O. The second-order valence-electron chi connectivity index (χ2n) is 6.48. The fraction of sp³-hybridized carbons (Fsp3) is 0.300. The number of para-hydroxylation sites is 2. The van der Waals surface area contributed by atoms with Crippen LogP contribution in [0.5, 0.6) is 0 Å². The van der Waals surface area contributed by atoms with Crippen molar-refractivity contribution in [1.29, 1.82) is 0 Å². The first-order valence-corrected chi connectivity index (χ1v) is 10.9. The van der Waals surface area contributed by atoms with E-state index in [0.29, 0.717) is 6.54 Å². The third-order valence-corrected chi connectivity index (χ3v) is 5.37.